The van der Waals surface area contributed by atoms with Crippen LogP contribution in [0.4, 0.5) is 0 Å². The maximum Gasteiger partial charge on any atom is 0.248 e. The number of carbonyl (C=O) groups is 1. The molecule has 1 saturated heterocycles. The fraction of sp³-hybridized carbons (Fsp3) is 0.765. The topological polar surface area (TPSA) is 59.8 Å². The quantitative estimate of drug-likeness (QED) is 0.757. The third-order valence-electron chi connectivity index (χ3n) is 4.97. The maximum absolute atomic E-state index is 11.6. The number of aromatic nitrogens is 2. The molecule has 7 heteroatoms. The zero-order valence-corrected chi connectivity index (χ0v) is 14.9. The van der Waals surface area contributed by atoms with Crippen molar-refractivity contribution in [3.8, 4) is 0 Å². The van der Waals surface area contributed by atoms with E-state index in [0.717, 1.165) is 32.5 Å². The molecule has 0 bridgehead atoms. The summed E-state index contributed by atoms with van der Waals surface area (Å²) in [5.74, 6) is 0.476. The van der Waals surface area contributed by atoms with Gasteiger partial charge in [0.15, 0.2) is 0 Å². The Morgan fingerprint density at radius 2 is 2.29 bits per heavy atom. The summed E-state index contributed by atoms with van der Waals surface area (Å²) in [6, 6.07) is 0.442. The number of hydrogen-bond acceptors (Lipinski definition) is 5. The molecule has 1 saturated carbocycles. The summed E-state index contributed by atoms with van der Waals surface area (Å²) in [7, 11) is 5.45. The summed E-state index contributed by atoms with van der Waals surface area (Å²) < 4.78 is 13.5. The molecule has 2 aliphatic rings. The average molecular weight is 336 g/mol. The van der Waals surface area contributed by atoms with Gasteiger partial charge in [0.1, 0.15) is 6.61 Å². The summed E-state index contributed by atoms with van der Waals surface area (Å²) in [6.07, 6.45) is 6.39. The van der Waals surface area contributed by atoms with Crippen molar-refractivity contribution in [2.45, 2.75) is 31.5 Å². The Labute approximate surface area is 143 Å². The summed E-state index contributed by atoms with van der Waals surface area (Å²) in [6.45, 7) is 3.47. The largest absolute Gasteiger partial charge is 0.375 e. The number of likely N-dealkylation sites (N-methyl/N-ethyl adjacent to an activating group) is 1. The van der Waals surface area contributed by atoms with Gasteiger partial charge >= 0.3 is 0 Å². The molecule has 0 N–H and O–H groups in total. The first kappa shape index (κ1) is 17.4. The van der Waals surface area contributed by atoms with Crippen molar-refractivity contribution in [2.75, 3.05) is 40.5 Å². The van der Waals surface area contributed by atoms with Crippen LogP contribution in [0.25, 0.3) is 0 Å². The van der Waals surface area contributed by atoms with Crippen LogP contribution in [-0.2, 0) is 27.9 Å². The Morgan fingerprint density at radius 1 is 1.46 bits per heavy atom. The smallest absolute Gasteiger partial charge is 0.248 e. The van der Waals surface area contributed by atoms with Crippen LogP contribution < -0.4 is 0 Å². The van der Waals surface area contributed by atoms with E-state index < -0.39 is 0 Å². The van der Waals surface area contributed by atoms with E-state index in [1.165, 1.54) is 5.56 Å². The number of hydrogen-bond donors (Lipinski definition) is 0. The lowest BCUT2D eigenvalue weighted by Crippen LogP contribution is -2.47. The molecule has 1 amide bonds. The molecule has 3 rings (SSSR count). The lowest BCUT2D eigenvalue weighted by molar-refractivity contribution is -0.134. The summed E-state index contributed by atoms with van der Waals surface area (Å²) >= 11 is 0. The normalized spacial score (nSPS) is 27.2. The molecule has 1 aliphatic carbocycles. The monoisotopic (exact) mass is 336 g/mol. The Balaban J connectivity index is 1.50. The number of fused-ring (bicyclic) bond motifs is 1. The minimum atomic E-state index is 0.0138. The van der Waals surface area contributed by atoms with Crippen molar-refractivity contribution in [3.05, 3.63) is 18.0 Å². The van der Waals surface area contributed by atoms with Crippen LogP contribution in [0.15, 0.2) is 12.4 Å². The highest BCUT2D eigenvalue weighted by Gasteiger charge is 2.41. The second-order valence-corrected chi connectivity index (χ2v) is 7.11. The van der Waals surface area contributed by atoms with E-state index in [9.17, 15) is 4.79 Å². The lowest BCUT2D eigenvalue weighted by atomic mass is 10.1. The van der Waals surface area contributed by atoms with Crippen molar-refractivity contribution in [2.24, 2.45) is 13.0 Å². The first-order valence-corrected chi connectivity index (χ1v) is 8.64. The SMILES string of the molecule is CN(C)C(=O)COC[C@@H]1C[C@@H]2[C@@H](C1)OCCN2Cc1cnn(C)c1. The van der Waals surface area contributed by atoms with Crippen LogP contribution >= 0.6 is 0 Å². The van der Waals surface area contributed by atoms with Gasteiger partial charge in [0.2, 0.25) is 5.91 Å². The number of carbonyl (C=O) groups excluding carboxylic acids is 1. The van der Waals surface area contributed by atoms with E-state index in [4.69, 9.17) is 9.47 Å². The third kappa shape index (κ3) is 4.15. The molecule has 2 heterocycles. The molecule has 7 nitrogen and oxygen atoms in total. The zero-order valence-electron chi connectivity index (χ0n) is 14.9. The van der Waals surface area contributed by atoms with Gasteiger partial charge in [0.05, 0.1) is 25.5 Å². The molecule has 1 aromatic rings. The molecule has 0 radical (unpaired) electrons. The second kappa shape index (κ2) is 7.63. The van der Waals surface area contributed by atoms with Gasteiger partial charge in [-0.15, -0.1) is 0 Å². The standard InChI is InChI=1S/C17H28N4O3/c1-19(2)17(22)12-23-11-13-6-15-16(7-13)24-5-4-21(15)10-14-8-18-20(3)9-14/h8-9,13,15-16H,4-7,10-12H2,1-3H3/t13-,15-,16-/m1/s1. The van der Waals surface area contributed by atoms with Gasteiger partial charge in [-0.1, -0.05) is 0 Å². The summed E-state index contributed by atoms with van der Waals surface area (Å²) in [5.41, 5.74) is 1.24. The highest BCUT2D eigenvalue weighted by Crippen LogP contribution is 2.35. The van der Waals surface area contributed by atoms with Crippen molar-refractivity contribution in [1.29, 1.82) is 0 Å². The van der Waals surface area contributed by atoms with E-state index >= 15 is 0 Å². The minimum absolute atomic E-state index is 0.0138. The molecule has 0 spiro atoms. The molecular weight excluding hydrogens is 308 g/mol. The number of amides is 1. The molecule has 1 aromatic heterocycles. The van der Waals surface area contributed by atoms with Gasteiger partial charge in [0, 0.05) is 52.0 Å². The lowest BCUT2D eigenvalue weighted by Gasteiger charge is -2.37. The van der Waals surface area contributed by atoms with E-state index in [-0.39, 0.29) is 18.6 Å². The Kier molecular flexibility index (Phi) is 5.53. The van der Waals surface area contributed by atoms with Crippen LogP contribution in [0.1, 0.15) is 18.4 Å². The highest BCUT2D eigenvalue weighted by atomic mass is 16.5. The Morgan fingerprint density at radius 3 is 3.00 bits per heavy atom. The van der Waals surface area contributed by atoms with Gasteiger partial charge in [-0.25, -0.2) is 0 Å². The predicted octanol–water partition coefficient (Wildman–Crippen LogP) is 0.504. The fourth-order valence-electron chi connectivity index (χ4n) is 3.69. The van der Waals surface area contributed by atoms with Crippen molar-refractivity contribution in [1.82, 2.24) is 19.6 Å². The van der Waals surface area contributed by atoms with Crippen LogP contribution in [0.2, 0.25) is 0 Å². The van der Waals surface area contributed by atoms with E-state index in [0.29, 0.717) is 18.6 Å². The number of rotatable bonds is 6. The molecule has 0 unspecified atom stereocenters. The first-order chi connectivity index (χ1) is 11.5. The maximum atomic E-state index is 11.6. The minimum Gasteiger partial charge on any atom is -0.375 e. The predicted molar refractivity (Wildman–Crippen MR) is 89.4 cm³/mol. The Bertz CT molecular complexity index is 560. The van der Waals surface area contributed by atoms with Gasteiger partial charge in [0.25, 0.3) is 0 Å². The molecule has 3 atom stereocenters. The molecule has 0 aromatic carbocycles. The highest BCUT2D eigenvalue weighted by molar-refractivity contribution is 5.76. The second-order valence-electron chi connectivity index (χ2n) is 7.11. The number of ether oxygens (including phenoxy) is 2. The third-order valence-corrected chi connectivity index (χ3v) is 4.97. The first-order valence-electron chi connectivity index (χ1n) is 8.64. The molecule has 1 aliphatic heterocycles. The van der Waals surface area contributed by atoms with E-state index in [2.05, 4.69) is 16.2 Å². The van der Waals surface area contributed by atoms with Gasteiger partial charge in [-0.3, -0.25) is 14.4 Å². The Hall–Kier alpha value is -1.44. The summed E-state index contributed by atoms with van der Waals surface area (Å²) in [5, 5.41) is 4.26. The number of morpholine rings is 1. The van der Waals surface area contributed by atoms with Crippen molar-refractivity contribution >= 4 is 5.91 Å². The van der Waals surface area contributed by atoms with Crippen LogP contribution in [0, 0.1) is 5.92 Å². The van der Waals surface area contributed by atoms with E-state index in [1.54, 1.807) is 19.0 Å². The van der Waals surface area contributed by atoms with Crippen LogP contribution in [0.5, 0.6) is 0 Å². The van der Waals surface area contributed by atoms with Crippen molar-refractivity contribution < 1.29 is 14.3 Å². The molecule has 2 fully saturated rings. The summed E-state index contributed by atoms with van der Waals surface area (Å²) in [4.78, 5) is 15.7. The average Bonchev–Trinajstić information content (AvgIpc) is 3.13. The number of nitrogens with zero attached hydrogens (tertiary/aromatic N) is 4. The van der Waals surface area contributed by atoms with Crippen molar-refractivity contribution in [3.63, 3.8) is 0 Å². The molecular formula is C17H28N4O3. The van der Waals surface area contributed by atoms with Gasteiger partial charge in [-0.05, 0) is 18.8 Å². The van der Waals surface area contributed by atoms with Crippen LogP contribution in [0.3, 0.4) is 0 Å². The molecule has 134 valence electrons. The van der Waals surface area contributed by atoms with E-state index in [1.807, 2.05) is 17.9 Å². The van der Waals surface area contributed by atoms with Crippen LogP contribution in [-0.4, -0.2) is 78.1 Å². The zero-order chi connectivity index (χ0) is 17.1. The van der Waals surface area contributed by atoms with Gasteiger partial charge in [-0.2, -0.15) is 5.10 Å². The fourth-order valence-corrected chi connectivity index (χ4v) is 3.69. The number of aryl methyl sites for hydroxylation is 1. The molecule has 24 heavy (non-hydrogen) atoms. The van der Waals surface area contributed by atoms with Gasteiger partial charge < -0.3 is 14.4 Å².